The van der Waals surface area contributed by atoms with E-state index in [1.807, 2.05) is 4.90 Å². The van der Waals surface area contributed by atoms with Gasteiger partial charge in [-0.15, -0.1) is 0 Å². The summed E-state index contributed by atoms with van der Waals surface area (Å²) in [5.41, 5.74) is 0. The molecule has 0 aliphatic carbocycles. The molecule has 4 heteroatoms. The number of hydrogen-bond acceptors (Lipinski definition) is 3. The molecule has 86 valence electrons. The topological polar surface area (TPSA) is 52.6 Å². The van der Waals surface area contributed by atoms with Crippen LogP contribution in [0.4, 0.5) is 0 Å². The van der Waals surface area contributed by atoms with Gasteiger partial charge in [-0.05, 0) is 25.2 Å². The minimum atomic E-state index is -0.345. The average Bonchev–Trinajstić information content (AvgIpc) is 2.65. The highest BCUT2D eigenvalue weighted by Gasteiger charge is 2.32. The van der Waals surface area contributed by atoms with Gasteiger partial charge >= 0.3 is 0 Å². The molecular weight excluding hydrogens is 192 g/mol. The van der Waals surface area contributed by atoms with Crippen LogP contribution in [0.3, 0.4) is 0 Å². The Bertz CT molecular complexity index is 237. The fraction of sp³-hybridized carbons (Fsp3) is 0.909. The Morgan fingerprint density at radius 1 is 1.40 bits per heavy atom. The first-order valence-electron chi connectivity index (χ1n) is 5.87. The number of amides is 1. The second-order valence-electron chi connectivity index (χ2n) is 4.86. The van der Waals surface area contributed by atoms with Gasteiger partial charge in [-0.3, -0.25) is 4.79 Å². The molecule has 2 unspecified atom stereocenters. The van der Waals surface area contributed by atoms with E-state index >= 15 is 0 Å². The number of aliphatic hydroxyl groups is 1. The molecule has 2 aliphatic heterocycles. The molecule has 0 bridgehead atoms. The van der Waals surface area contributed by atoms with E-state index < -0.39 is 0 Å². The molecule has 2 saturated heterocycles. The van der Waals surface area contributed by atoms with Crippen molar-refractivity contribution in [2.24, 2.45) is 5.92 Å². The third kappa shape index (κ3) is 2.49. The van der Waals surface area contributed by atoms with Crippen LogP contribution in [0.15, 0.2) is 0 Å². The maximum Gasteiger partial charge on any atom is 0.239 e. The van der Waals surface area contributed by atoms with E-state index in [9.17, 15) is 9.90 Å². The molecule has 2 atom stereocenters. The number of nitrogens with zero attached hydrogens (tertiary/aromatic N) is 1. The Balaban J connectivity index is 1.85. The van der Waals surface area contributed by atoms with Crippen LogP contribution in [0.2, 0.25) is 0 Å². The normalized spacial score (nSPS) is 33.3. The van der Waals surface area contributed by atoms with Gasteiger partial charge in [0.2, 0.25) is 5.91 Å². The molecule has 4 nitrogen and oxygen atoms in total. The Morgan fingerprint density at radius 3 is 2.60 bits per heavy atom. The number of carbonyl (C=O) groups is 1. The van der Waals surface area contributed by atoms with Gasteiger partial charge in [-0.1, -0.05) is 6.92 Å². The summed E-state index contributed by atoms with van der Waals surface area (Å²) in [4.78, 5) is 13.9. The number of piperidine rings is 1. The molecule has 2 heterocycles. The summed E-state index contributed by atoms with van der Waals surface area (Å²) in [6, 6.07) is -0.145. The van der Waals surface area contributed by atoms with Gasteiger partial charge in [0, 0.05) is 19.6 Å². The zero-order valence-corrected chi connectivity index (χ0v) is 9.28. The van der Waals surface area contributed by atoms with E-state index in [4.69, 9.17) is 0 Å². The van der Waals surface area contributed by atoms with Crippen LogP contribution in [0.5, 0.6) is 0 Å². The van der Waals surface area contributed by atoms with Gasteiger partial charge in [0.15, 0.2) is 0 Å². The molecule has 0 aromatic carbocycles. The molecule has 2 N–H and O–H groups in total. The van der Waals surface area contributed by atoms with Crippen LogP contribution in [-0.4, -0.2) is 47.7 Å². The van der Waals surface area contributed by atoms with Crippen molar-refractivity contribution in [2.75, 3.05) is 19.6 Å². The predicted octanol–water partition coefficient (Wildman–Crippen LogP) is -0.0323. The fourth-order valence-electron chi connectivity index (χ4n) is 2.35. The largest absolute Gasteiger partial charge is 0.392 e. The van der Waals surface area contributed by atoms with Crippen LogP contribution < -0.4 is 5.32 Å². The van der Waals surface area contributed by atoms with Gasteiger partial charge in [-0.2, -0.15) is 0 Å². The zero-order chi connectivity index (χ0) is 10.8. The molecule has 0 aromatic rings. The number of aliphatic hydroxyl groups excluding tert-OH is 1. The van der Waals surface area contributed by atoms with Crippen LogP contribution >= 0.6 is 0 Å². The molecule has 0 saturated carbocycles. The number of likely N-dealkylation sites (tertiary alicyclic amines) is 1. The van der Waals surface area contributed by atoms with Gasteiger partial charge in [-0.25, -0.2) is 0 Å². The predicted molar refractivity (Wildman–Crippen MR) is 57.4 cm³/mol. The molecule has 2 aliphatic rings. The standard InChI is InChI=1S/C11H20N2O2/c1-8-2-4-13(5-3-8)11(15)10-6-9(14)7-12-10/h8-10,12,14H,2-7H2,1H3. The van der Waals surface area contributed by atoms with Crippen molar-refractivity contribution >= 4 is 5.91 Å². The van der Waals surface area contributed by atoms with E-state index in [0.29, 0.717) is 13.0 Å². The lowest BCUT2D eigenvalue weighted by Gasteiger charge is -2.32. The van der Waals surface area contributed by atoms with Crippen LogP contribution in [0, 0.1) is 5.92 Å². The summed E-state index contributed by atoms with van der Waals surface area (Å²) in [7, 11) is 0. The van der Waals surface area contributed by atoms with E-state index in [0.717, 1.165) is 31.8 Å². The number of carbonyl (C=O) groups excluding carboxylic acids is 1. The van der Waals surface area contributed by atoms with E-state index in [-0.39, 0.29) is 18.1 Å². The molecule has 1 amide bonds. The van der Waals surface area contributed by atoms with Crippen molar-refractivity contribution in [1.29, 1.82) is 0 Å². The van der Waals surface area contributed by atoms with Gasteiger partial charge in [0.05, 0.1) is 12.1 Å². The molecule has 2 rings (SSSR count). The Kier molecular flexibility index (Phi) is 3.26. The minimum Gasteiger partial charge on any atom is -0.392 e. The van der Waals surface area contributed by atoms with Crippen LogP contribution in [0.25, 0.3) is 0 Å². The monoisotopic (exact) mass is 212 g/mol. The van der Waals surface area contributed by atoms with Crippen molar-refractivity contribution < 1.29 is 9.90 Å². The van der Waals surface area contributed by atoms with Crippen molar-refractivity contribution in [1.82, 2.24) is 10.2 Å². The third-order valence-corrected chi connectivity index (χ3v) is 3.50. The summed E-state index contributed by atoms with van der Waals surface area (Å²) in [6.07, 6.45) is 2.45. The van der Waals surface area contributed by atoms with Gasteiger partial charge in [0.1, 0.15) is 0 Å². The quantitative estimate of drug-likeness (QED) is 0.641. The molecule has 15 heavy (non-hydrogen) atoms. The maximum absolute atomic E-state index is 12.0. The Labute approximate surface area is 90.6 Å². The van der Waals surface area contributed by atoms with Crippen molar-refractivity contribution in [3.8, 4) is 0 Å². The van der Waals surface area contributed by atoms with Gasteiger partial charge < -0.3 is 15.3 Å². The summed E-state index contributed by atoms with van der Waals surface area (Å²) in [5.74, 6) is 0.926. The first kappa shape index (κ1) is 10.9. The molecule has 2 fully saturated rings. The molecule has 0 spiro atoms. The van der Waals surface area contributed by atoms with E-state index in [1.54, 1.807) is 0 Å². The van der Waals surface area contributed by atoms with E-state index in [1.165, 1.54) is 0 Å². The lowest BCUT2D eigenvalue weighted by molar-refractivity contribution is -0.134. The second-order valence-corrected chi connectivity index (χ2v) is 4.86. The SMILES string of the molecule is CC1CCN(C(=O)C2CC(O)CN2)CC1. The van der Waals surface area contributed by atoms with Crippen LogP contribution in [0.1, 0.15) is 26.2 Å². The Hall–Kier alpha value is -0.610. The molecule has 0 radical (unpaired) electrons. The number of rotatable bonds is 1. The maximum atomic E-state index is 12.0. The second kappa shape index (κ2) is 4.49. The summed E-state index contributed by atoms with van der Waals surface area (Å²) in [6.45, 7) is 4.56. The highest BCUT2D eigenvalue weighted by atomic mass is 16.3. The number of hydrogen-bond donors (Lipinski definition) is 2. The smallest absolute Gasteiger partial charge is 0.239 e. The van der Waals surface area contributed by atoms with Crippen molar-refractivity contribution in [3.05, 3.63) is 0 Å². The van der Waals surface area contributed by atoms with Crippen molar-refractivity contribution in [3.63, 3.8) is 0 Å². The van der Waals surface area contributed by atoms with Crippen LogP contribution in [-0.2, 0) is 4.79 Å². The lowest BCUT2D eigenvalue weighted by Crippen LogP contribution is -2.46. The summed E-state index contributed by atoms with van der Waals surface area (Å²) in [5, 5.41) is 12.4. The summed E-state index contributed by atoms with van der Waals surface area (Å²) < 4.78 is 0. The zero-order valence-electron chi connectivity index (χ0n) is 9.28. The van der Waals surface area contributed by atoms with Crippen molar-refractivity contribution in [2.45, 2.75) is 38.3 Å². The number of nitrogens with one attached hydrogen (secondary N) is 1. The molecular formula is C11H20N2O2. The lowest BCUT2D eigenvalue weighted by atomic mass is 9.98. The van der Waals surface area contributed by atoms with Gasteiger partial charge in [0.25, 0.3) is 0 Å². The highest BCUT2D eigenvalue weighted by molar-refractivity contribution is 5.82. The first-order chi connectivity index (χ1) is 7.16. The first-order valence-corrected chi connectivity index (χ1v) is 5.87. The fourth-order valence-corrected chi connectivity index (χ4v) is 2.35. The Morgan fingerprint density at radius 2 is 2.07 bits per heavy atom. The highest BCUT2D eigenvalue weighted by Crippen LogP contribution is 2.18. The number of β-amino-alcohol motifs (C(OH)–C–C–N with tert-alkyl or cyclic N) is 1. The third-order valence-electron chi connectivity index (χ3n) is 3.50. The molecule has 0 aromatic heterocycles. The minimum absolute atomic E-state index is 0.145. The van der Waals surface area contributed by atoms with E-state index in [2.05, 4.69) is 12.2 Å². The average molecular weight is 212 g/mol. The summed E-state index contributed by atoms with van der Waals surface area (Å²) >= 11 is 0.